The molecule has 0 saturated heterocycles. The minimum Gasteiger partial charge on any atom is -0.306 e. The van der Waals surface area contributed by atoms with E-state index in [1.165, 1.54) is 6.07 Å². The Kier molecular flexibility index (Phi) is 4.26. The number of hydrogen-bond acceptors (Lipinski definition) is 1. The van der Waals surface area contributed by atoms with Crippen molar-refractivity contribution in [2.24, 2.45) is 0 Å². The van der Waals surface area contributed by atoms with Crippen molar-refractivity contribution in [3.63, 3.8) is 0 Å². The summed E-state index contributed by atoms with van der Waals surface area (Å²) in [5, 5.41) is 2.99. The van der Waals surface area contributed by atoms with Crippen LogP contribution in [0.4, 0.5) is 8.78 Å². The molecule has 0 aliphatic carbocycles. The summed E-state index contributed by atoms with van der Waals surface area (Å²) in [5.74, 6) is 4.28. The van der Waals surface area contributed by atoms with E-state index < -0.39 is 11.6 Å². The Morgan fingerprint density at radius 3 is 2.67 bits per heavy atom. The smallest absolute Gasteiger partial charge is 0.141 e. The number of benzene rings is 1. The first-order valence-electron chi connectivity index (χ1n) is 4.80. The average Bonchev–Trinajstić information content (AvgIpc) is 2.20. The average molecular weight is 209 g/mol. The second-order valence-electron chi connectivity index (χ2n) is 3.16. The molecule has 3 heteroatoms. The van der Waals surface area contributed by atoms with E-state index in [0.29, 0.717) is 12.1 Å². The van der Waals surface area contributed by atoms with E-state index in [1.807, 2.05) is 6.92 Å². The highest BCUT2D eigenvalue weighted by molar-refractivity contribution is 5.38. The molecule has 1 nitrogen and oxygen atoms in total. The summed E-state index contributed by atoms with van der Waals surface area (Å²) >= 11 is 0. The zero-order chi connectivity index (χ0) is 11.3. The first kappa shape index (κ1) is 11.7. The maximum atomic E-state index is 13.2. The fourth-order valence-electron chi connectivity index (χ4n) is 1.08. The second-order valence-corrected chi connectivity index (χ2v) is 3.16. The van der Waals surface area contributed by atoms with Crippen LogP contribution in [0.5, 0.6) is 0 Å². The van der Waals surface area contributed by atoms with Crippen LogP contribution in [0.25, 0.3) is 0 Å². The molecular formula is C12H13F2N. The van der Waals surface area contributed by atoms with Gasteiger partial charge in [-0.3, -0.25) is 0 Å². The van der Waals surface area contributed by atoms with E-state index in [-0.39, 0.29) is 5.56 Å². The normalized spacial score (nSPS) is 9.60. The molecule has 1 N–H and O–H groups in total. The number of nitrogens with one attached hydrogen (secondary N) is 1. The zero-order valence-electron chi connectivity index (χ0n) is 8.82. The molecule has 0 aliphatic rings. The highest BCUT2D eigenvalue weighted by atomic mass is 19.1. The summed E-state index contributed by atoms with van der Waals surface area (Å²) in [6.07, 6.45) is 0. The van der Waals surface area contributed by atoms with Gasteiger partial charge in [-0.1, -0.05) is 18.8 Å². The minimum absolute atomic E-state index is 0.242. The zero-order valence-corrected chi connectivity index (χ0v) is 8.82. The molecule has 0 amide bonds. The molecular weight excluding hydrogens is 196 g/mol. The van der Waals surface area contributed by atoms with Gasteiger partial charge in [0.1, 0.15) is 11.6 Å². The van der Waals surface area contributed by atoms with Gasteiger partial charge in [0.25, 0.3) is 0 Å². The van der Waals surface area contributed by atoms with Crippen molar-refractivity contribution in [2.45, 2.75) is 13.8 Å². The summed E-state index contributed by atoms with van der Waals surface area (Å²) in [5.41, 5.74) is 0.649. The van der Waals surface area contributed by atoms with Gasteiger partial charge in [-0.2, -0.15) is 0 Å². The Morgan fingerprint density at radius 2 is 2.00 bits per heavy atom. The highest BCUT2D eigenvalue weighted by Gasteiger charge is 2.04. The molecule has 80 valence electrons. The van der Waals surface area contributed by atoms with E-state index in [0.717, 1.165) is 12.6 Å². The predicted octanol–water partition coefficient (Wildman–Crippen LogP) is 2.23. The monoisotopic (exact) mass is 209 g/mol. The van der Waals surface area contributed by atoms with Crippen molar-refractivity contribution < 1.29 is 8.78 Å². The van der Waals surface area contributed by atoms with Gasteiger partial charge in [0.05, 0.1) is 12.1 Å². The van der Waals surface area contributed by atoms with E-state index >= 15 is 0 Å². The molecule has 0 unspecified atom stereocenters. The van der Waals surface area contributed by atoms with Crippen LogP contribution >= 0.6 is 0 Å². The molecule has 0 spiro atoms. The van der Waals surface area contributed by atoms with Crippen molar-refractivity contribution >= 4 is 0 Å². The van der Waals surface area contributed by atoms with Gasteiger partial charge < -0.3 is 5.32 Å². The third-order valence-corrected chi connectivity index (χ3v) is 1.93. The van der Waals surface area contributed by atoms with Gasteiger partial charge in [0.15, 0.2) is 0 Å². The number of hydrogen-bond donors (Lipinski definition) is 1. The third-order valence-electron chi connectivity index (χ3n) is 1.93. The molecule has 1 rings (SSSR count). The van der Waals surface area contributed by atoms with Crippen LogP contribution in [-0.4, -0.2) is 13.1 Å². The van der Waals surface area contributed by atoms with Gasteiger partial charge in [-0.15, -0.1) is 0 Å². The van der Waals surface area contributed by atoms with Crippen molar-refractivity contribution in [1.82, 2.24) is 5.32 Å². The lowest BCUT2D eigenvalue weighted by Gasteiger charge is -1.98. The maximum absolute atomic E-state index is 13.2. The van der Waals surface area contributed by atoms with E-state index in [2.05, 4.69) is 17.2 Å². The predicted molar refractivity (Wildman–Crippen MR) is 56.5 cm³/mol. The third kappa shape index (κ3) is 3.34. The SMILES string of the molecule is CCNCC#Cc1cc(C)c(F)cc1F. The molecule has 15 heavy (non-hydrogen) atoms. The molecule has 0 bridgehead atoms. The van der Waals surface area contributed by atoms with Gasteiger partial charge in [-0.05, 0) is 25.1 Å². The van der Waals surface area contributed by atoms with Crippen molar-refractivity contribution in [1.29, 1.82) is 0 Å². The lowest BCUT2D eigenvalue weighted by molar-refractivity contribution is 0.575. The summed E-state index contributed by atoms with van der Waals surface area (Å²) in [6.45, 7) is 4.88. The van der Waals surface area contributed by atoms with E-state index in [4.69, 9.17) is 0 Å². The largest absolute Gasteiger partial charge is 0.306 e. The lowest BCUT2D eigenvalue weighted by atomic mass is 10.1. The summed E-state index contributed by atoms with van der Waals surface area (Å²) < 4.78 is 26.1. The molecule has 0 fully saturated rings. The number of rotatable bonds is 2. The van der Waals surface area contributed by atoms with Crippen LogP contribution in [0.2, 0.25) is 0 Å². The highest BCUT2D eigenvalue weighted by Crippen LogP contribution is 2.12. The lowest BCUT2D eigenvalue weighted by Crippen LogP contribution is -2.11. The molecule has 0 saturated carbocycles. The van der Waals surface area contributed by atoms with Gasteiger partial charge >= 0.3 is 0 Å². The van der Waals surface area contributed by atoms with Crippen molar-refractivity contribution in [2.75, 3.05) is 13.1 Å². The topological polar surface area (TPSA) is 12.0 Å². The Balaban J connectivity index is 2.84. The first-order valence-corrected chi connectivity index (χ1v) is 4.80. The summed E-state index contributed by atoms with van der Waals surface area (Å²) in [6, 6.07) is 2.29. The fraction of sp³-hybridized carbons (Fsp3) is 0.333. The molecule has 1 aromatic carbocycles. The van der Waals surface area contributed by atoms with Crippen molar-refractivity contribution in [3.05, 3.63) is 34.9 Å². The van der Waals surface area contributed by atoms with Crippen LogP contribution in [0.1, 0.15) is 18.1 Å². The van der Waals surface area contributed by atoms with E-state index in [9.17, 15) is 8.78 Å². The van der Waals surface area contributed by atoms with Gasteiger partial charge in [-0.25, -0.2) is 8.78 Å². The quantitative estimate of drug-likeness (QED) is 0.582. The Labute approximate surface area is 88.5 Å². The van der Waals surface area contributed by atoms with E-state index in [1.54, 1.807) is 6.92 Å². The fourth-order valence-corrected chi connectivity index (χ4v) is 1.08. The molecule has 0 radical (unpaired) electrons. The van der Waals surface area contributed by atoms with Crippen LogP contribution in [0, 0.1) is 30.4 Å². The van der Waals surface area contributed by atoms with Crippen LogP contribution in [0.3, 0.4) is 0 Å². The van der Waals surface area contributed by atoms with Crippen LogP contribution in [0.15, 0.2) is 12.1 Å². The maximum Gasteiger partial charge on any atom is 0.141 e. The molecule has 1 aromatic rings. The van der Waals surface area contributed by atoms with Crippen molar-refractivity contribution in [3.8, 4) is 11.8 Å². The summed E-state index contributed by atoms with van der Waals surface area (Å²) in [7, 11) is 0. The van der Waals surface area contributed by atoms with Crippen LogP contribution < -0.4 is 5.32 Å². The number of halogens is 2. The standard InChI is InChI=1S/C12H13F2N/c1-3-15-6-4-5-10-7-9(2)11(13)8-12(10)14/h7-8,15H,3,6H2,1-2H3. The molecule has 0 heterocycles. The second kappa shape index (κ2) is 5.47. The Bertz CT molecular complexity index is 402. The molecule has 0 aromatic heterocycles. The Hall–Kier alpha value is -1.40. The molecule has 0 aliphatic heterocycles. The first-order chi connectivity index (χ1) is 7.15. The van der Waals surface area contributed by atoms with Crippen LogP contribution in [-0.2, 0) is 0 Å². The Morgan fingerprint density at radius 1 is 1.27 bits per heavy atom. The minimum atomic E-state index is -0.609. The number of aryl methyl sites for hydroxylation is 1. The van der Waals surface area contributed by atoms with Gasteiger partial charge in [0, 0.05) is 6.07 Å². The molecule has 0 atom stereocenters. The summed E-state index contributed by atoms with van der Waals surface area (Å²) in [4.78, 5) is 0. The van der Waals surface area contributed by atoms with Gasteiger partial charge in [0.2, 0.25) is 0 Å².